The average Bonchev–Trinajstić information content (AvgIpc) is 3.48. The molecule has 0 unspecified atom stereocenters. The molecule has 1 N–H and O–H groups in total. The molecule has 2 aromatic carbocycles. The van der Waals surface area contributed by atoms with Gasteiger partial charge in [-0.3, -0.25) is 4.98 Å². The fourth-order valence-corrected chi connectivity index (χ4v) is 4.45. The van der Waals surface area contributed by atoms with E-state index in [9.17, 15) is 5.21 Å². The van der Waals surface area contributed by atoms with Gasteiger partial charge in [-0.25, -0.2) is 0 Å². The second-order valence-corrected chi connectivity index (χ2v) is 9.13. The van der Waals surface area contributed by atoms with Crippen LogP contribution in [0.2, 0.25) is 0 Å². The highest BCUT2D eigenvalue weighted by molar-refractivity contribution is 6.04. The zero-order valence-electron chi connectivity index (χ0n) is 20.3. The number of fused-ring (bicyclic) bond motifs is 1. The fraction of sp³-hybridized carbons (Fsp3) is 0.241. The first-order valence-corrected chi connectivity index (χ1v) is 11.8. The first-order valence-electron chi connectivity index (χ1n) is 11.8. The maximum atomic E-state index is 9.29. The summed E-state index contributed by atoms with van der Waals surface area (Å²) in [6.07, 6.45) is 3.43. The van der Waals surface area contributed by atoms with Crippen molar-refractivity contribution >= 4 is 5.71 Å². The zero-order valence-corrected chi connectivity index (χ0v) is 20.3. The van der Waals surface area contributed by atoms with Crippen molar-refractivity contribution in [2.45, 2.75) is 19.8 Å². The number of nitrogens with zero attached hydrogens (tertiary/aromatic N) is 3. The molecule has 0 spiro atoms. The van der Waals surface area contributed by atoms with Crippen molar-refractivity contribution in [1.82, 2.24) is 9.88 Å². The fourth-order valence-electron chi connectivity index (χ4n) is 4.45. The van der Waals surface area contributed by atoms with E-state index in [4.69, 9.17) is 9.15 Å². The van der Waals surface area contributed by atoms with Crippen LogP contribution in [0.4, 0.5) is 0 Å². The van der Waals surface area contributed by atoms with Gasteiger partial charge < -0.3 is 19.3 Å². The second-order valence-electron chi connectivity index (χ2n) is 9.13. The van der Waals surface area contributed by atoms with E-state index in [0.717, 1.165) is 75.9 Å². The molecule has 4 aromatic rings. The van der Waals surface area contributed by atoms with E-state index in [2.05, 4.69) is 33.2 Å². The molecule has 0 atom stereocenters. The minimum absolute atomic E-state index is 0.643. The molecule has 6 nitrogen and oxygen atoms in total. The Kier molecular flexibility index (Phi) is 6.38. The maximum absolute atomic E-state index is 9.29. The third-order valence-electron chi connectivity index (χ3n) is 6.32. The summed E-state index contributed by atoms with van der Waals surface area (Å²) in [5, 5.41) is 12.7. The van der Waals surface area contributed by atoms with E-state index >= 15 is 0 Å². The van der Waals surface area contributed by atoms with E-state index in [-0.39, 0.29) is 0 Å². The Balaban J connectivity index is 1.52. The normalized spacial score (nSPS) is 14.0. The Morgan fingerprint density at radius 3 is 2.49 bits per heavy atom. The molecule has 6 heteroatoms. The maximum Gasteiger partial charge on any atom is 0.142 e. The van der Waals surface area contributed by atoms with E-state index in [1.807, 2.05) is 69.7 Å². The number of aromatic nitrogens is 1. The Morgan fingerprint density at radius 1 is 0.943 bits per heavy atom. The molecule has 35 heavy (non-hydrogen) atoms. The number of likely N-dealkylation sites (N-methyl/N-ethyl adjacent to an activating group) is 1. The number of benzene rings is 2. The van der Waals surface area contributed by atoms with Crippen LogP contribution >= 0.6 is 0 Å². The quantitative estimate of drug-likeness (QED) is 0.265. The highest BCUT2D eigenvalue weighted by Crippen LogP contribution is 2.40. The van der Waals surface area contributed by atoms with Crippen molar-refractivity contribution in [1.29, 1.82) is 0 Å². The van der Waals surface area contributed by atoms with Gasteiger partial charge in [-0.1, -0.05) is 17.3 Å². The number of hydrogen-bond donors (Lipinski definition) is 1. The zero-order chi connectivity index (χ0) is 24.4. The molecule has 0 saturated carbocycles. The predicted octanol–water partition coefficient (Wildman–Crippen LogP) is 6.05. The Morgan fingerprint density at radius 2 is 1.74 bits per heavy atom. The number of oxime groups is 1. The summed E-state index contributed by atoms with van der Waals surface area (Å²) in [6, 6.07) is 20.4. The number of pyridine rings is 1. The van der Waals surface area contributed by atoms with E-state index in [1.165, 1.54) is 5.56 Å². The number of hydrogen-bond acceptors (Lipinski definition) is 6. The Labute approximate surface area is 205 Å². The lowest BCUT2D eigenvalue weighted by Crippen LogP contribution is -2.19. The highest BCUT2D eigenvalue weighted by Gasteiger charge is 2.22. The third kappa shape index (κ3) is 4.84. The smallest absolute Gasteiger partial charge is 0.142 e. The summed E-state index contributed by atoms with van der Waals surface area (Å²) in [5.41, 5.74) is 7.94. The van der Waals surface area contributed by atoms with Crippen LogP contribution < -0.4 is 4.74 Å². The first-order chi connectivity index (χ1) is 17.0. The van der Waals surface area contributed by atoms with Gasteiger partial charge in [-0.2, -0.15) is 0 Å². The summed E-state index contributed by atoms with van der Waals surface area (Å²) in [4.78, 5) is 6.45. The SMILES string of the molecule is Cc1cc(-c2cc(-c3ccc(OCCN(C)C)cc3)oc2-c2ccc3c(c2)CC/C3=N\O)ccn1. The van der Waals surface area contributed by atoms with Crippen LogP contribution in [0.25, 0.3) is 33.8 Å². The highest BCUT2D eigenvalue weighted by atomic mass is 16.5. The van der Waals surface area contributed by atoms with Crippen LogP contribution in [0, 0.1) is 6.92 Å². The van der Waals surface area contributed by atoms with Crippen LogP contribution in [0.5, 0.6) is 5.75 Å². The van der Waals surface area contributed by atoms with Crippen LogP contribution in [-0.4, -0.2) is 48.0 Å². The summed E-state index contributed by atoms with van der Waals surface area (Å²) in [7, 11) is 4.06. The van der Waals surface area contributed by atoms with Gasteiger partial charge in [0.05, 0.1) is 5.71 Å². The van der Waals surface area contributed by atoms with Gasteiger partial charge in [-0.05, 0) is 93.5 Å². The molecule has 0 fully saturated rings. The molecular weight excluding hydrogens is 438 g/mol. The van der Waals surface area contributed by atoms with E-state index in [1.54, 1.807) is 0 Å². The van der Waals surface area contributed by atoms with Gasteiger partial charge in [0.2, 0.25) is 0 Å². The van der Waals surface area contributed by atoms with E-state index in [0.29, 0.717) is 6.61 Å². The molecule has 0 amide bonds. The molecule has 1 aliphatic rings. The number of furan rings is 1. The molecule has 0 radical (unpaired) electrons. The van der Waals surface area contributed by atoms with Crippen LogP contribution in [0.15, 0.2) is 76.4 Å². The minimum atomic E-state index is 0.643. The topological polar surface area (TPSA) is 71.1 Å². The molecule has 2 heterocycles. The van der Waals surface area contributed by atoms with Crippen molar-refractivity contribution in [2.24, 2.45) is 5.16 Å². The minimum Gasteiger partial charge on any atom is -0.492 e. The lowest BCUT2D eigenvalue weighted by atomic mass is 9.99. The van der Waals surface area contributed by atoms with Crippen molar-refractivity contribution in [3.8, 4) is 39.5 Å². The van der Waals surface area contributed by atoms with Gasteiger partial charge in [0, 0.05) is 40.7 Å². The monoisotopic (exact) mass is 467 g/mol. The molecule has 5 rings (SSSR count). The van der Waals surface area contributed by atoms with Gasteiger partial charge in [0.1, 0.15) is 23.9 Å². The van der Waals surface area contributed by atoms with Crippen molar-refractivity contribution in [2.75, 3.05) is 27.2 Å². The standard InChI is InChI=1S/C29H29N3O3/c1-19-16-22(12-13-30-19)26-18-28(20-4-8-24(9-5-20)34-15-14-32(2)3)35-29(26)23-6-10-25-21(17-23)7-11-27(25)31-33/h4-6,8-10,12-13,16-18,33H,7,11,14-15H2,1-3H3/b31-27+. The van der Waals surface area contributed by atoms with E-state index < -0.39 is 0 Å². The molecule has 0 saturated heterocycles. The number of rotatable bonds is 7. The van der Waals surface area contributed by atoms with Gasteiger partial charge in [-0.15, -0.1) is 0 Å². The summed E-state index contributed by atoms with van der Waals surface area (Å²) in [6.45, 7) is 3.50. The first kappa shape index (κ1) is 22.9. The number of ether oxygens (including phenoxy) is 1. The largest absolute Gasteiger partial charge is 0.492 e. The lowest BCUT2D eigenvalue weighted by molar-refractivity contribution is 0.261. The average molecular weight is 468 g/mol. The molecule has 178 valence electrons. The molecule has 0 aliphatic heterocycles. The van der Waals surface area contributed by atoms with Crippen molar-refractivity contribution in [3.63, 3.8) is 0 Å². The predicted molar refractivity (Wildman–Crippen MR) is 138 cm³/mol. The Hall–Kier alpha value is -3.90. The van der Waals surface area contributed by atoms with Crippen molar-refractivity contribution < 1.29 is 14.4 Å². The Bertz CT molecular complexity index is 1370. The number of aryl methyl sites for hydroxylation is 2. The summed E-state index contributed by atoms with van der Waals surface area (Å²) >= 11 is 0. The van der Waals surface area contributed by atoms with Crippen molar-refractivity contribution in [3.05, 3.63) is 83.7 Å². The van der Waals surface area contributed by atoms with Gasteiger partial charge in [0.25, 0.3) is 0 Å². The summed E-state index contributed by atoms with van der Waals surface area (Å²) in [5.74, 6) is 2.45. The molecular formula is C29H29N3O3. The van der Waals surface area contributed by atoms with Crippen LogP contribution in [0.1, 0.15) is 23.2 Å². The summed E-state index contributed by atoms with van der Waals surface area (Å²) < 4.78 is 12.3. The van der Waals surface area contributed by atoms with Gasteiger partial charge >= 0.3 is 0 Å². The molecule has 0 bridgehead atoms. The third-order valence-corrected chi connectivity index (χ3v) is 6.32. The second kappa shape index (κ2) is 9.76. The van der Waals surface area contributed by atoms with Crippen LogP contribution in [-0.2, 0) is 6.42 Å². The molecule has 1 aliphatic carbocycles. The lowest BCUT2D eigenvalue weighted by Gasteiger charge is -2.11. The van der Waals surface area contributed by atoms with Crippen LogP contribution in [0.3, 0.4) is 0 Å². The van der Waals surface area contributed by atoms with Gasteiger partial charge in [0.15, 0.2) is 0 Å². The molecule has 2 aromatic heterocycles.